The number of esters is 1. The summed E-state index contributed by atoms with van der Waals surface area (Å²) in [6, 6.07) is 16.5. The van der Waals surface area contributed by atoms with Gasteiger partial charge in [0.1, 0.15) is 29.7 Å². The van der Waals surface area contributed by atoms with Crippen molar-refractivity contribution in [1.29, 1.82) is 0 Å². The Morgan fingerprint density at radius 3 is 2.24 bits per heavy atom. The smallest absolute Gasteiger partial charge is 0.413 e. The van der Waals surface area contributed by atoms with Crippen LogP contribution in [0.4, 0.5) is 4.79 Å². The first kappa shape index (κ1) is 24.6. The second kappa shape index (κ2) is 9.83. The Morgan fingerprint density at radius 1 is 1.03 bits per heavy atom. The van der Waals surface area contributed by atoms with E-state index >= 15 is 0 Å². The fourth-order valence-corrected chi connectivity index (χ4v) is 3.77. The standard InChI is InChI=1S/C26H33NO6/c1-7-30-23(28)22-21(27(26(5,6)32-22)24(29)33-25(2,3)4)19-13-15-20(16-14-19)31-17-18-11-9-8-10-12-18/h8-16,21-22H,7,17H2,1-6H3/t21-,22+/m1/s1. The number of nitrogens with zero attached hydrogens (tertiary/aromatic N) is 1. The molecule has 1 fully saturated rings. The number of amides is 1. The van der Waals surface area contributed by atoms with Gasteiger partial charge in [-0.2, -0.15) is 0 Å². The van der Waals surface area contributed by atoms with Crippen LogP contribution in [-0.4, -0.2) is 41.0 Å². The second-order valence-corrected chi connectivity index (χ2v) is 9.38. The summed E-state index contributed by atoms with van der Waals surface area (Å²) in [4.78, 5) is 27.4. The average molecular weight is 456 g/mol. The van der Waals surface area contributed by atoms with Crippen molar-refractivity contribution in [2.75, 3.05) is 6.61 Å². The van der Waals surface area contributed by atoms with E-state index in [4.69, 9.17) is 18.9 Å². The highest BCUT2D eigenvalue weighted by atomic mass is 16.6. The van der Waals surface area contributed by atoms with Crippen LogP contribution in [0.1, 0.15) is 58.7 Å². The van der Waals surface area contributed by atoms with Gasteiger partial charge in [-0.05, 0) is 64.8 Å². The summed E-state index contributed by atoms with van der Waals surface area (Å²) in [5.41, 5.74) is 0.00411. The van der Waals surface area contributed by atoms with Gasteiger partial charge in [0.2, 0.25) is 0 Å². The van der Waals surface area contributed by atoms with Crippen molar-refractivity contribution >= 4 is 12.1 Å². The van der Waals surface area contributed by atoms with E-state index in [0.29, 0.717) is 12.4 Å². The van der Waals surface area contributed by atoms with Crippen LogP contribution in [0, 0.1) is 0 Å². The lowest BCUT2D eigenvalue weighted by Gasteiger charge is -2.35. The summed E-state index contributed by atoms with van der Waals surface area (Å²) < 4.78 is 22.8. The number of hydrogen-bond donors (Lipinski definition) is 0. The van der Waals surface area contributed by atoms with Gasteiger partial charge >= 0.3 is 12.1 Å². The van der Waals surface area contributed by atoms with E-state index < -0.39 is 35.5 Å². The van der Waals surface area contributed by atoms with E-state index in [2.05, 4.69) is 0 Å². The van der Waals surface area contributed by atoms with E-state index in [1.54, 1.807) is 41.5 Å². The first-order valence-corrected chi connectivity index (χ1v) is 11.2. The van der Waals surface area contributed by atoms with Gasteiger partial charge in [-0.3, -0.25) is 4.90 Å². The summed E-state index contributed by atoms with van der Waals surface area (Å²) in [7, 11) is 0. The Morgan fingerprint density at radius 2 is 1.67 bits per heavy atom. The van der Waals surface area contributed by atoms with Crippen LogP contribution < -0.4 is 4.74 Å². The lowest BCUT2D eigenvalue weighted by Crippen LogP contribution is -2.47. The minimum atomic E-state index is -1.08. The van der Waals surface area contributed by atoms with Crippen molar-refractivity contribution in [3.05, 3.63) is 65.7 Å². The Hall–Kier alpha value is -3.06. The minimum Gasteiger partial charge on any atom is -0.489 e. The molecule has 0 bridgehead atoms. The number of carbonyl (C=O) groups is 2. The monoisotopic (exact) mass is 455 g/mol. The van der Waals surface area contributed by atoms with Crippen molar-refractivity contribution in [2.24, 2.45) is 0 Å². The Kier molecular flexibility index (Phi) is 7.32. The number of benzene rings is 2. The first-order valence-electron chi connectivity index (χ1n) is 11.2. The van der Waals surface area contributed by atoms with Gasteiger partial charge in [0.05, 0.1) is 6.61 Å². The van der Waals surface area contributed by atoms with Crippen molar-refractivity contribution in [1.82, 2.24) is 4.90 Å². The maximum atomic E-state index is 13.2. The fraction of sp³-hybridized carbons (Fsp3) is 0.462. The molecule has 0 N–H and O–H groups in total. The highest BCUT2D eigenvalue weighted by Crippen LogP contribution is 2.43. The van der Waals surface area contributed by atoms with Gasteiger partial charge in [-0.15, -0.1) is 0 Å². The molecule has 7 heteroatoms. The van der Waals surface area contributed by atoms with Gasteiger partial charge in [0, 0.05) is 0 Å². The van der Waals surface area contributed by atoms with E-state index in [0.717, 1.165) is 11.1 Å². The average Bonchev–Trinajstić information content (AvgIpc) is 3.04. The summed E-state index contributed by atoms with van der Waals surface area (Å²) in [6.07, 6.45) is -1.54. The van der Waals surface area contributed by atoms with Crippen LogP contribution in [0.25, 0.3) is 0 Å². The molecule has 1 aliphatic rings. The molecule has 0 aromatic heterocycles. The molecular formula is C26H33NO6. The largest absolute Gasteiger partial charge is 0.489 e. The molecule has 3 rings (SSSR count). The van der Waals surface area contributed by atoms with E-state index in [1.807, 2.05) is 54.6 Å². The van der Waals surface area contributed by atoms with Crippen LogP contribution >= 0.6 is 0 Å². The Bertz CT molecular complexity index is 949. The molecule has 0 saturated carbocycles. The topological polar surface area (TPSA) is 74.3 Å². The van der Waals surface area contributed by atoms with Crippen LogP contribution in [0.2, 0.25) is 0 Å². The molecule has 2 atom stereocenters. The number of rotatable bonds is 6. The molecule has 0 spiro atoms. The zero-order chi connectivity index (χ0) is 24.2. The molecular weight excluding hydrogens is 422 g/mol. The van der Waals surface area contributed by atoms with Crippen LogP contribution in [0.5, 0.6) is 5.75 Å². The predicted molar refractivity (Wildman–Crippen MR) is 124 cm³/mol. The molecule has 1 aliphatic heterocycles. The zero-order valence-corrected chi connectivity index (χ0v) is 20.2. The third kappa shape index (κ3) is 6.05. The number of ether oxygens (including phenoxy) is 4. The van der Waals surface area contributed by atoms with Crippen LogP contribution in [0.15, 0.2) is 54.6 Å². The predicted octanol–water partition coefficient (Wildman–Crippen LogP) is 5.24. The quantitative estimate of drug-likeness (QED) is 0.555. The first-order chi connectivity index (χ1) is 15.5. The summed E-state index contributed by atoms with van der Waals surface area (Å²) in [6.45, 7) is 11.3. The van der Waals surface area contributed by atoms with E-state index in [1.165, 1.54) is 4.90 Å². The van der Waals surface area contributed by atoms with E-state index in [-0.39, 0.29) is 6.61 Å². The molecule has 2 aromatic rings. The lowest BCUT2D eigenvalue weighted by atomic mass is 10.00. The molecule has 0 radical (unpaired) electrons. The maximum absolute atomic E-state index is 13.2. The molecule has 2 aromatic carbocycles. The van der Waals surface area contributed by atoms with Gasteiger partial charge in [-0.25, -0.2) is 9.59 Å². The van der Waals surface area contributed by atoms with Crippen molar-refractivity contribution < 1.29 is 28.5 Å². The molecule has 178 valence electrons. The normalized spacial score (nSPS) is 19.8. The highest BCUT2D eigenvalue weighted by molar-refractivity contribution is 5.79. The van der Waals surface area contributed by atoms with Gasteiger partial charge < -0.3 is 18.9 Å². The van der Waals surface area contributed by atoms with Crippen LogP contribution in [-0.2, 0) is 25.6 Å². The lowest BCUT2D eigenvalue weighted by molar-refractivity contribution is -0.161. The molecule has 7 nitrogen and oxygen atoms in total. The second-order valence-electron chi connectivity index (χ2n) is 9.38. The molecule has 1 amide bonds. The van der Waals surface area contributed by atoms with Crippen molar-refractivity contribution in [2.45, 2.75) is 71.6 Å². The SMILES string of the molecule is CCOC(=O)[C@H]1OC(C)(C)N(C(=O)OC(C)(C)C)[C@@H]1c1ccc(OCc2ccccc2)cc1. The highest BCUT2D eigenvalue weighted by Gasteiger charge is 2.55. The molecule has 1 heterocycles. The summed E-state index contributed by atoms with van der Waals surface area (Å²) in [5, 5.41) is 0. The zero-order valence-electron chi connectivity index (χ0n) is 20.2. The maximum Gasteiger partial charge on any atom is 0.413 e. The molecule has 1 saturated heterocycles. The molecule has 33 heavy (non-hydrogen) atoms. The number of carbonyl (C=O) groups excluding carboxylic acids is 2. The van der Waals surface area contributed by atoms with E-state index in [9.17, 15) is 9.59 Å². The van der Waals surface area contributed by atoms with Crippen LogP contribution in [0.3, 0.4) is 0 Å². The Balaban J connectivity index is 1.88. The summed E-state index contributed by atoms with van der Waals surface area (Å²) in [5.74, 6) is 0.156. The van der Waals surface area contributed by atoms with Crippen molar-refractivity contribution in [3.63, 3.8) is 0 Å². The van der Waals surface area contributed by atoms with Gasteiger partial charge in [0.15, 0.2) is 6.10 Å². The summed E-state index contributed by atoms with van der Waals surface area (Å²) >= 11 is 0. The molecule has 0 aliphatic carbocycles. The molecule has 0 unspecified atom stereocenters. The third-order valence-electron chi connectivity index (χ3n) is 5.14. The Labute approximate surface area is 195 Å². The number of hydrogen-bond acceptors (Lipinski definition) is 6. The minimum absolute atomic E-state index is 0.213. The van der Waals surface area contributed by atoms with Crippen molar-refractivity contribution in [3.8, 4) is 5.75 Å². The van der Waals surface area contributed by atoms with Gasteiger partial charge in [-0.1, -0.05) is 42.5 Å². The van der Waals surface area contributed by atoms with Gasteiger partial charge in [0.25, 0.3) is 0 Å². The third-order valence-corrected chi connectivity index (χ3v) is 5.14. The fourth-order valence-electron chi connectivity index (χ4n) is 3.77.